The molecule has 1 heterocycles. The molecule has 3 rings (SSSR count). The van der Waals surface area contributed by atoms with Gasteiger partial charge in [0.25, 0.3) is 0 Å². The second kappa shape index (κ2) is 7.99. The third-order valence-corrected chi connectivity index (χ3v) is 5.61. The number of aryl methyl sites for hydroxylation is 1. The lowest BCUT2D eigenvalue weighted by atomic mass is 9.95. The van der Waals surface area contributed by atoms with Crippen molar-refractivity contribution in [2.45, 2.75) is 62.4 Å². The summed E-state index contributed by atoms with van der Waals surface area (Å²) < 4.78 is 15.9. The molecule has 2 aromatic rings. The lowest BCUT2D eigenvalue weighted by molar-refractivity contribution is -0.115. The Balaban J connectivity index is 1.69. The van der Waals surface area contributed by atoms with Crippen molar-refractivity contribution in [3.8, 4) is 0 Å². The van der Waals surface area contributed by atoms with Crippen molar-refractivity contribution in [3.63, 3.8) is 0 Å². The van der Waals surface area contributed by atoms with Gasteiger partial charge in [-0.2, -0.15) is 0 Å². The number of hydrogen-bond acceptors (Lipinski definition) is 4. The lowest BCUT2D eigenvalue weighted by Crippen LogP contribution is -2.24. The molecule has 7 heteroatoms. The zero-order valence-electron chi connectivity index (χ0n) is 14.5. The summed E-state index contributed by atoms with van der Waals surface area (Å²) in [7, 11) is 0. The number of para-hydroxylation sites is 1. The monoisotopic (exact) mass is 362 g/mol. The Labute approximate surface area is 151 Å². The second-order valence-corrected chi connectivity index (χ2v) is 7.73. The molecule has 1 atom stereocenters. The van der Waals surface area contributed by atoms with Gasteiger partial charge in [0.2, 0.25) is 5.91 Å². The predicted molar refractivity (Wildman–Crippen MR) is 97.2 cm³/mol. The summed E-state index contributed by atoms with van der Waals surface area (Å²) in [6, 6.07) is 6.58. The van der Waals surface area contributed by atoms with Crippen molar-refractivity contribution in [3.05, 3.63) is 35.9 Å². The van der Waals surface area contributed by atoms with Crippen LogP contribution in [0.1, 0.15) is 50.9 Å². The van der Waals surface area contributed by atoms with E-state index in [0.29, 0.717) is 6.04 Å². The first kappa shape index (κ1) is 17.9. The fourth-order valence-electron chi connectivity index (χ4n) is 3.20. The van der Waals surface area contributed by atoms with E-state index >= 15 is 0 Å². The third kappa shape index (κ3) is 4.21. The summed E-state index contributed by atoms with van der Waals surface area (Å²) in [6.07, 6.45) is 5.97. The third-order valence-electron chi connectivity index (χ3n) is 4.56. The van der Waals surface area contributed by atoms with Gasteiger partial charge in [-0.25, -0.2) is 4.39 Å². The van der Waals surface area contributed by atoms with Crippen LogP contribution in [-0.4, -0.2) is 25.9 Å². The van der Waals surface area contributed by atoms with E-state index in [1.807, 2.05) is 6.92 Å². The number of carbonyl (C=O) groups excluding carboxylic acids is 1. The fraction of sp³-hybridized carbons (Fsp3) is 0.500. The highest BCUT2D eigenvalue weighted by atomic mass is 32.2. The highest BCUT2D eigenvalue weighted by Gasteiger charge is 2.24. The number of carbonyl (C=O) groups is 1. The van der Waals surface area contributed by atoms with Crippen molar-refractivity contribution in [1.82, 2.24) is 14.8 Å². The van der Waals surface area contributed by atoms with E-state index in [1.54, 1.807) is 25.1 Å². The number of thioether (sulfide) groups is 1. The maximum absolute atomic E-state index is 13.7. The normalized spacial score (nSPS) is 16.6. The van der Waals surface area contributed by atoms with Crippen LogP contribution in [-0.2, 0) is 4.79 Å². The summed E-state index contributed by atoms with van der Waals surface area (Å²) in [6.45, 7) is 3.76. The van der Waals surface area contributed by atoms with Crippen LogP contribution in [0.25, 0.3) is 0 Å². The van der Waals surface area contributed by atoms with Gasteiger partial charge in [-0.3, -0.25) is 4.79 Å². The molecule has 0 radical (unpaired) electrons. The smallest absolute Gasteiger partial charge is 0.237 e. The number of amides is 1. The molecule has 0 saturated heterocycles. The van der Waals surface area contributed by atoms with Crippen molar-refractivity contribution in [2.24, 2.45) is 0 Å². The molecule has 1 amide bonds. The molecule has 0 spiro atoms. The molecule has 5 nitrogen and oxygen atoms in total. The Morgan fingerprint density at radius 1 is 1.28 bits per heavy atom. The molecular formula is C18H23FN4OS. The first-order chi connectivity index (χ1) is 12.1. The second-order valence-electron chi connectivity index (χ2n) is 6.42. The molecule has 1 unspecified atom stereocenters. The van der Waals surface area contributed by atoms with Gasteiger partial charge in [0.15, 0.2) is 5.16 Å². The van der Waals surface area contributed by atoms with E-state index in [4.69, 9.17) is 0 Å². The van der Waals surface area contributed by atoms with Crippen molar-refractivity contribution in [1.29, 1.82) is 0 Å². The number of rotatable bonds is 5. The van der Waals surface area contributed by atoms with E-state index in [-0.39, 0.29) is 11.6 Å². The summed E-state index contributed by atoms with van der Waals surface area (Å²) >= 11 is 1.37. The number of benzene rings is 1. The minimum absolute atomic E-state index is 0.199. The van der Waals surface area contributed by atoms with E-state index in [2.05, 4.69) is 20.1 Å². The zero-order chi connectivity index (χ0) is 17.8. The van der Waals surface area contributed by atoms with E-state index in [0.717, 1.165) is 23.8 Å². The summed E-state index contributed by atoms with van der Waals surface area (Å²) in [4.78, 5) is 12.4. The van der Waals surface area contributed by atoms with Crippen molar-refractivity contribution < 1.29 is 9.18 Å². The van der Waals surface area contributed by atoms with Crippen LogP contribution in [0.3, 0.4) is 0 Å². The molecule has 1 aromatic heterocycles. The largest absolute Gasteiger partial charge is 0.323 e. The predicted octanol–water partition coefficient (Wildman–Crippen LogP) is 4.35. The lowest BCUT2D eigenvalue weighted by Gasteiger charge is -2.25. The molecule has 1 N–H and O–H groups in total. The molecule has 1 aliphatic carbocycles. The Kier molecular flexibility index (Phi) is 5.73. The van der Waals surface area contributed by atoms with Crippen LogP contribution in [0.4, 0.5) is 10.1 Å². The number of nitrogens with zero attached hydrogens (tertiary/aromatic N) is 3. The topological polar surface area (TPSA) is 59.8 Å². The fourth-order valence-corrected chi connectivity index (χ4v) is 4.16. The minimum atomic E-state index is -0.436. The molecule has 0 aliphatic heterocycles. The van der Waals surface area contributed by atoms with Crippen LogP contribution in [0.2, 0.25) is 0 Å². The minimum Gasteiger partial charge on any atom is -0.323 e. The van der Waals surface area contributed by atoms with Crippen molar-refractivity contribution in [2.75, 3.05) is 5.32 Å². The molecule has 1 fully saturated rings. The first-order valence-electron chi connectivity index (χ1n) is 8.70. The first-order valence-corrected chi connectivity index (χ1v) is 9.58. The van der Waals surface area contributed by atoms with Gasteiger partial charge in [0.1, 0.15) is 11.6 Å². The summed E-state index contributed by atoms with van der Waals surface area (Å²) in [5.74, 6) is 0.205. The van der Waals surface area contributed by atoms with Crippen LogP contribution < -0.4 is 5.32 Å². The maximum atomic E-state index is 13.7. The van der Waals surface area contributed by atoms with E-state index in [9.17, 15) is 9.18 Å². The summed E-state index contributed by atoms with van der Waals surface area (Å²) in [5.41, 5.74) is 0.199. The number of aromatic nitrogens is 3. The van der Waals surface area contributed by atoms with Crippen LogP contribution in [0.15, 0.2) is 29.4 Å². The van der Waals surface area contributed by atoms with Gasteiger partial charge < -0.3 is 9.88 Å². The van der Waals surface area contributed by atoms with E-state index in [1.165, 1.54) is 37.1 Å². The number of nitrogens with one attached hydrogen (secondary N) is 1. The highest BCUT2D eigenvalue weighted by molar-refractivity contribution is 8.00. The Bertz CT molecular complexity index is 742. The molecule has 134 valence electrons. The maximum Gasteiger partial charge on any atom is 0.237 e. The van der Waals surface area contributed by atoms with Gasteiger partial charge in [-0.1, -0.05) is 43.2 Å². The Morgan fingerprint density at radius 3 is 2.72 bits per heavy atom. The highest BCUT2D eigenvalue weighted by Crippen LogP contribution is 2.33. The van der Waals surface area contributed by atoms with Gasteiger partial charge in [-0.05, 0) is 38.8 Å². The molecule has 1 aromatic carbocycles. The van der Waals surface area contributed by atoms with Crippen LogP contribution >= 0.6 is 11.8 Å². The molecule has 1 aliphatic rings. The van der Waals surface area contributed by atoms with E-state index < -0.39 is 11.1 Å². The SMILES string of the molecule is Cc1nnc(SC(C)C(=O)Nc2ccccc2F)n1C1CCCCC1. The Hall–Kier alpha value is -1.89. The van der Waals surface area contributed by atoms with Gasteiger partial charge in [-0.15, -0.1) is 10.2 Å². The average Bonchev–Trinajstić information content (AvgIpc) is 2.98. The average molecular weight is 362 g/mol. The van der Waals surface area contributed by atoms with Crippen LogP contribution in [0.5, 0.6) is 0 Å². The number of hydrogen-bond donors (Lipinski definition) is 1. The zero-order valence-corrected chi connectivity index (χ0v) is 15.4. The van der Waals surface area contributed by atoms with Crippen molar-refractivity contribution >= 4 is 23.4 Å². The van der Waals surface area contributed by atoms with Crippen LogP contribution in [0, 0.1) is 12.7 Å². The van der Waals surface area contributed by atoms with Gasteiger partial charge in [0.05, 0.1) is 10.9 Å². The molecule has 1 saturated carbocycles. The van der Waals surface area contributed by atoms with Gasteiger partial charge >= 0.3 is 0 Å². The Morgan fingerprint density at radius 2 is 2.00 bits per heavy atom. The number of anilines is 1. The standard InChI is InChI=1S/C18H23FN4OS/c1-12(17(24)20-16-11-7-6-10-15(16)19)25-18-22-21-13(2)23(18)14-8-4-3-5-9-14/h6-7,10-12,14H,3-5,8-9H2,1-2H3,(H,20,24). The quantitative estimate of drug-likeness (QED) is 0.803. The summed E-state index contributed by atoms with van der Waals surface area (Å²) in [5, 5.41) is 11.5. The van der Waals surface area contributed by atoms with Gasteiger partial charge in [0, 0.05) is 6.04 Å². The number of halogens is 1. The molecular weight excluding hydrogens is 339 g/mol. The molecule has 25 heavy (non-hydrogen) atoms. The molecule has 0 bridgehead atoms.